The minimum Gasteiger partial charge on any atom is -0.448 e. The van der Waals surface area contributed by atoms with Gasteiger partial charge in [0.25, 0.3) is 5.91 Å². The van der Waals surface area contributed by atoms with Crippen LogP contribution in [-0.4, -0.2) is 54.0 Å². The number of ether oxygens (including phenoxy) is 1. The van der Waals surface area contributed by atoms with Crippen molar-refractivity contribution in [2.24, 2.45) is 22.2 Å². The molecule has 1 saturated heterocycles. The first-order valence-corrected chi connectivity index (χ1v) is 9.64. The van der Waals surface area contributed by atoms with Crippen molar-refractivity contribution in [1.82, 2.24) is 10.2 Å². The normalized spacial score (nSPS) is 21.9. The van der Waals surface area contributed by atoms with Crippen LogP contribution in [0.5, 0.6) is 0 Å². The van der Waals surface area contributed by atoms with Gasteiger partial charge in [-0.3, -0.25) is 4.79 Å². The Morgan fingerprint density at radius 2 is 2.10 bits per heavy atom. The summed E-state index contributed by atoms with van der Waals surface area (Å²) in [7, 11) is 0. The summed E-state index contributed by atoms with van der Waals surface area (Å²) in [4.78, 5) is 29.6. The SMILES string of the molecule is C#CCCOC(=O)N1CC[C@@H](N/C=C(/C(N)=O)C(N)=Nc2ccc(F)cc2)C(C)(N)C1. The Morgan fingerprint density at radius 3 is 2.68 bits per heavy atom. The summed E-state index contributed by atoms with van der Waals surface area (Å²) in [6.07, 6.45) is 6.87. The average Bonchev–Trinajstić information content (AvgIpc) is 2.70. The highest BCUT2D eigenvalue weighted by Gasteiger charge is 2.38. The maximum absolute atomic E-state index is 13.0. The van der Waals surface area contributed by atoms with E-state index in [-0.39, 0.29) is 30.6 Å². The molecule has 1 aliphatic rings. The first-order chi connectivity index (χ1) is 14.6. The van der Waals surface area contributed by atoms with E-state index >= 15 is 0 Å². The second kappa shape index (κ2) is 10.4. The highest BCUT2D eigenvalue weighted by molar-refractivity contribution is 6.20. The molecule has 0 saturated carbocycles. The van der Waals surface area contributed by atoms with Crippen LogP contribution in [0.4, 0.5) is 14.9 Å². The summed E-state index contributed by atoms with van der Waals surface area (Å²) < 4.78 is 18.2. The average molecular weight is 430 g/mol. The zero-order chi connectivity index (χ0) is 23.0. The van der Waals surface area contributed by atoms with Gasteiger partial charge in [-0.05, 0) is 37.6 Å². The number of amides is 2. The van der Waals surface area contributed by atoms with Crippen molar-refractivity contribution >= 4 is 23.5 Å². The van der Waals surface area contributed by atoms with E-state index in [2.05, 4.69) is 16.2 Å². The number of hydrogen-bond acceptors (Lipinski definition) is 6. The lowest BCUT2D eigenvalue weighted by molar-refractivity contribution is -0.114. The number of rotatable bonds is 7. The van der Waals surface area contributed by atoms with Gasteiger partial charge in [0.15, 0.2) is 0 Å². The molecule has 0 aromatic heterocycles. The number of aliphatic imine (C=N–C) groups is 1. The van der Waals surface area contributed by atoms with Crippen LogP contribution in [0.25, 0.3) is 0 Å². The van der Waals surface area contributed by atoms with E-state index in [0.29, 0.717) is 25.1 Å². The predicted octanol–water partition coefficient (Wildman–Crippen LogP) is 0.725. The van der Waals surface area contributed by atoms with Gasteiger partial charge in [-0.2, -0.15) is 0 Å². The van der Waals surface area contributed by atoms with Gasteiger partial charge in [0, 0.05) is 31.8 Å². The number of nitrogens with two attached hydrogens (primary N) is 3. The fraction of sp³-hybridized carbons (Fsp3) is 0.381. The highest BCUT2D eigenvalue weighted by Crippen LogP contribution is 2.20. The Labute approximate surface area is 180 Å². The molecule has 7 N–H and O–H groups in total. The number of primary amides is 1. The lowest BCUT2D eigenvalue weighted by atomic mass is 9.87. The largest absolute Gasteiger partial charge is 0.448 e. The summed E-state index contributed by atoms with van der Waals surface area (Å²) in [5.74, 6) is 1.07. The van der Waals surface area contributed by atoms with Crippen LogP contribution < -0.4 is 22.5 Å². The number of nitrogens with zero attached hydrogens (tertiary/aromatic N) is 2. The maximum atomic E-state index is 13.0. The molecule has 0 radical (unpaired) electrons. The molecule has 1 heterocycles. The molecule has 0 aliphatic carbocycles. The van der Waals surface area contributed by atoms with E-state index in [4.69, 9.17) is 28.4 Å². The lowest BCUT2D eigenvalue weighted by Crippen LogP contribution is -2.65. The number of hydrogen-bond donors (Lipinski definition) is 4. The number of halogens is 1. The third-order valence-corrected chi connectivity index (χ3v) is 4.79. The van der Waals surface area contributed by atoms with Crippen LogP contribution in [0.1, 0.15) is 19.8 Å². The molecule has 0 spiro atoms. The number of likely N-dealkylation sites (tertiary alicyclic amines) is 1. The molecular weight excluding hydrogens is 403 g/mol. The van der Waals surface area contributed by atoms with Crippen LogP contribution in [0.2, 0.25) is 0 Å². The standard InChI is InChI=1S/C21H27FN6O3/c1-3-4-11-31-20(30)28-10-9-17(21(2,25)13-28)26-12-16(19(24)29)18(23)27-15-7-5-14(22)6-8-15/h1,5-8,12,17,26H,4,9-11,13,25H2,2H3,(H2,23,27)(H2,24,29)/b16-12+/t17-,21?/m1/s1. The van der Waals surface area contributed by atoms with Crippen molar-refractivity contribution in [3.63, 3.8) is 0 Å². The molecule has 2 rings (SSSR count). The molecule has 1 aromatic carbocycles. The number of carbonyl (C=O) groups excluding carboxylic acids is 2. The Bertz CT molecular complexity index is 905. The van der Waals surface area contributed by atoms with Crippen LogP contribution in [0.15, 0.2) is 41.0 Å². The van der Waals surface area contributed by atoms with Crippen molar-refractivity contribution in [2.45, 2.75) is 31.3 Å². The summed E-state index contributed by atoms with van der Waals surface area (Å²) in [6, 6.07) is 5.01. The molecule has 1 aliphatic heterocycles. The Kier molecular flexibility index (Phi) is 7.99. The van der Waals surface area contributed by atoms with E-state index in [1.54, 1.807) is 6.92 Å². The lowest BCUT2D eigenvalue weighted by Gasteiger charge is -2.43. The van der Waals surface area contributed by atoms with Gasteiger partial charge in [-0.15, -0.1) is 12.3 Å². The summed E-state index contributed by atoms with van der Waals surface area (Å²) >= 11 is 0. The Hall–Kier alpha value is -3.58. The topological polar surface area (TPSA) is 149 Å². The number of amidine groups is 1. The Morgan fingerprint density at radius 1 is 1.42 bits per heavy atom. The summed E-state index contributed by atoms with van der Waals surface area (Å²) in [5, 5.41) is 3.07. The molecule has 31 heavy (non-hydrogen) atoms. The van der Waals surface area contributed by atoms with E-state index < -0.39 is 23.4 Å². The van der Waals surface area contributed by atoms with E-state index in [1.807, 2.05) is 0 Å². The van der Waals surface area contributed by atoms with Gasteiger partial charge in [0.1, 0.15) is 18.3 Å². The molecule has 166 valence electrons. The third kappa shape index (κ3) is 6.72. The molecule has 2 atom stereocenters. The number of nitrogens with one attached hydrogen (secondary N) is 1. The zero-order valence-electron chi connectivity index (χ0n) is 17.3. The molecule has 9 nitrogen and oxygen atoms in total. The van der Waals surface area contributed by atoms with E-state index in [0.717, 1.165) is 0 Å². The van der Waals surface area contributed by atoms with Gasteiger partial charge < -0.3 is 32.2 Å². The van der Waals surface area contributed by atoms with E-state index in [1.165, 1.54) is 35.4 Å². The van der Waals surface area contributed by atoms with Gasteiger partial charge >= 0.3 is 6.09 Å². The minimum absolute atomic E-state index is 0.0451. The molecule has 1 aromatic rings. The molecular formula is C21H27FN6O3. The van der Waals surface area contributed by atoms with E-state index in [9.17, 15) is 14.0 Å². The Balaban J connectivity index is 2.07. The van der Waals surface area contributed by atoms with Crippen molar-refractivity contribution in [3.05, 3.63) is 41.9 Å². The minimum atomic E-state index is -0.828. The van der Waals surface area contributed by atoms with Gasteiger partial charge in [-0.1, -0.05) is 0 Å². The summed E-state index contributed by atoms with van der Waals surface area (Å²) in [5.41, 5.74) is 17.2. The second-order valence-electron chi connectivity index (χ2n) is 7.40. The molecule has 1 unspecified atom stereocenters. The third-order valence-electron chi connectivity index (χ3n) is 4.79. The second-order valence-corrected chi connectivity index (χ2v) is 7.40. The monoisotopic (exact) mass is 430 g/mol. The quantitative estimate of drug-likeness (QED) is 0.165. The van der Waals surface area contributed by atoms with Crippen LogP contribution in [-0.2, 0) is 9.53 Å². The van der Waals surface area contributed by atoms with Crippen LogP contribution >= 0.6 is 0 Å². The predicted molar refractivity (Wildman–Crippen MR) is 115 cm³/mol. The highest BCUT2D eigenvalue weighted by atomic mass is 19.1. The summed E-state index contributed by atoms with van der Waals surface area (Å²) in [6.45, 7) is 2.56. The zero-order valence-corrected chi connectivity index (χ0v) is 17.3. The van der Waals surface area contributed by atoms with Crippen LogP contribution in [0.3, 0.4) is 0 Å². The first-order valence-electron chi connectivity index (χ1n) is 9.64. The smallest absolute Gasteiger partial charge is 0.409 e. The fourth-order valence-electron chi connectivity index (χ4n) is 3.10. The molecule has 1 fully saturated rings. The number of piperidine rings is 1. The first kappa shape index (κ1) is 23.7. The molecule has 10 heteroatoms. The fourth-order valence-corrected chi connectivity index (χ4v) is 3.10. The number of carbonyl (C=O) groups is 2. The molecule has 0 bridgehead atoms. The maximum Gasteiger partial charge on any atom is 0.409 e. The van der Waals surface area contributed by atoms with Crippen molar-refractivity contribution in [2.75, 3.05) is 19.7 Å². The van der Waals surface area contributed by atoms with Crippen molar-refractivity contribution in [3.8, 4) is 12.3 Å². The molecule has 2 amide bonds. The van der Waals surface area contributed by atoms with Crippen molar-refractivity contribution in [1.29, 1.82) is 0 Å². The van der Waals surface area contributed by atoms with Gasteiger partial charge in [0.2, 0.25) is 0 Å². The van der Waals surface area contributed by atoms with Crippen molar-refractivity contribution < 1.29 is 18.7 Å². The number of benzene rings is 1. The van der Waals surface area contributed by atoms with Gasteiger partial charge in [-0.25, -0.2) is 14.2 Å². The van der Waals surface area contributed by atoms with Gasteiger partial charge in [0.05, 0.1) is 16.8 Å². The number of terminal acetylenes is 1. The van der Waals surface area contributed by atoms with Crippen LogP contribution in [0, 0.1) is 18.2 Å².